The van der Waals surface area contributed by atoms with Crippen LogP contribution in [0.15, 0.2) is 115 Å². The first kappa shape index (κ1) is 34.2. The molecular weight excluding hydrogens is 552 g/mol. The van der Waals surface area contributed by atoms with Crippen molar-refractivity contribution in [3.05, 3.63) is 143 Å². The van der Waals surface area contributed by atoms with Gasteiger partial charge in [-0.25, -0.2) is 0 Å². The topological polar surface area (TPSA) is 142 Å². The first-order chi connectivity index (χ1) is 21.3. The predicted molar refractivity (Wildman–Crippen MR) is 175 cm³/mol. The fourth-order valence-electron chi connectivity index (χ4n) is 5.13. The minimum absolute atomic E-state index is 0.115. The van der Waals surface area contributed by atoms with Gasteiger partial charge in [-0.05, 0) is 47.7 Å². The van der Waals surface area contributed by atoms with Crippen molar-refractivity contribution >= 4 is 11.8 Å². The zero-order chi connectivity index (χ0) is 31.9. The molecule has 44 heavy (non-hydrogen) atoms. The van der Waals surface area contributed by atoms with Crippen LogP contribution in [0.25, 0.3) is 0 Å². The third kappa shape index (κ3) is 9.59. The largest absolute Gasteiger partial charge is 0.391 e. The van der Waals surface area contributed by atoms with Crippen LogP contribution in [0, 0.1) is 0 Å². The molecule has 0 aromatic heterocycles. The van der Waals surface area contributed by atoms with E-state index in [0.717, 1.165) is 16.7 Å². The number of hydrogen-bond donors (Lipinski definition) is 5. The number of rotatable bonds is 12. The molecule has 0 unspecified atom stereocenters. The lowest BCUT2D eigenvalue weighted by Gasteiger charge is -2.32. The lowest BCUT2D eigenvalue weighted by Crippen LogP contribution is -2.48. The monoisotopic (exact) mass is 596 g/mol. The predicted octanol–water partition coefficient (Wildman–Crippen LogP) is 3.38. The molecule has 0 bridgehead atoms. The molecule has 232 valence electrons. The molecule has 0 saturated heterocycles. The van der Waals surface area contributed by atoms with Gasteiger partial charge >= 0.3 is 0 Å². The van der Waals surface area contributed by atoms with Crippen molar-refractivity contribution < 1.29 is 19.8 Å². The Morgan fingerprint density at radius 1 is 0.705 bits per heavy atom. The summed E-state index contributed by atoms with van der Waals surface area (Å²) in [6.45, 7) is 0.267. The first-order valence-corrected chi connectivity index (χ1v) is 14.8. The van der Waals surface area contributed by atoms with Gasteiger partial charge < -0.3 is 31.9 Å². The molecule has 4 atom stereocenters. The van der Waals surface area contributed by atoms with E-state index < -0.39 is 12.2 Å². The number of nitrogens with one attached hydrogen (secondary N) is 1. The third-order valence-corrected chi connectivity index (χ3v) is 7.65. The highest BCUT2D eigenvalue weighted by Gasteiger charge is 2.27. The molecule has 0 aliphatic heterocycles. The van der Waals surface area contributed by atoms with Gasteiger partial charge in [0.25, 0.3) is 11.8 Å². The zero-order valence-electron chi connectivity index (χ0n) is 25.4. The highest BCUT2D eigenvalue weighted by atomic mass is 16.3. The van der Waals surface area contributed by atoms with Crippen LogP contribution in [0.2, 0.25) is 0 Å². The normalized spacial score (nSPS) is 13.4. The summed E-state index contributed by atoms with van der Waals surface area (Å²) in [4.78, 5) is 26.2. The van der Waals surface area contributed by atoms with Crippen LogP contribution in [0.4, 0.5) is 0 Å². The maximum atomic E-state index is 12.6. The van der Waals surface area contributed by atoms with Crippen molar-refractivity contribution in [2.75, 3.05) is 27.2 Å². The van der Waals surface area contributed by atoms with Crippen molar-refractivity contribution in [3.8, 4) is 0 Å². The molecule has 0 heterocycles. The Bertz CT molecular complexity index is 1420. The molecule has 0 aliphatic rings. The third-order valence-electron chi connectivity index (χ3n) is 7.65. The Morgan fingerprint density at radius 3 is 1.70 bits per heavy atom. The number of aliphatic hydroxyl groups is 2. The summed E-state index contributed by atoms with van der Waals surface area (Å²) in [6.07, 6.45) is -0.273. The minimum Gasteiger partial charge on any atom is -0.391 e. The molecule has 0 radical (unpaired) electrons. The molecular formula is C36H44N4O4. The van der Waals surface area contributed by atoms with Gasteiger partial charge in [-0.3, -0.25) is 9.59 Å². The van der Waals surface area contributed by atoms with Gasteiger partial charge in [-0.1, -0.05) is 97.1 Å². The first-order valence-electron chi connectivity index (χ1n) is 14.8. The lowest BCUT2D eigenvalue weighted by molar-refractivity contribution is 0.0468. The summed E-state index contributed by atoms with van der Waals surface area (Å²) in [5, 5.41) is 23.2. The Labute approximate surface area is 260 Å². The van der Waals surface area contributed by atoms with E-state index in [0.29, 0.717) is 24.0 Å². The van der Waals surface area contributed by atoms with Crippen LogP contribution in [0.5, 0.6) is 0 Å². The van der Waals surface area contributed by atoms with Crippen LogP contribution in [0.1, 0.15) is 43.3 Å². The number of likely N-dealkylation sites (N-methyl/N-ethyl adjacent to an activating group) is 1. The van der Waals surface area contributed by atoms with Gasteiger partial charge in [0.1, 0.15) is 0 Å². The average Bonchev–Trinajstić information content (AvgIpc) is 3.09. The molecule has 8 heteroatoms. The maximum absolute atomic E-state index is 12.6. The summed E-state index contributed by atoms with van der Waals surface area (Å²) in [7, 11) is 3.31. The van der Waals surface area contributed by atoms with E-state index >= 15 is 0 Å². The van der Waals surface area contributed by atoms with Gasteiger partial charge in [0.15, 0.2) is 0 Å². The Hall–Kier alpha value is -4.34. The van der Waals surface area contributed by atoms with Crippen molar-refractivity contribution in [1.82, 2.24) is 10.2 Å². The molecule has 0 aliphatic carbocycles. The van der Waals surface area contributed by atoms with Gasteiger partial charge in [0.05, 0.1) is 18.2 Å². The Morgan fingerprint density at radius 2 is 1.18 bits per heavy atom. The number of nitrogens with zero attached hydrogens (tertiary/aromatic N) is 1. The van der Waals surface area contributed by atoms with Gasteiger partial charge in [0, 0.05) is 44.2 Å². The number of carbonyl (C=O) groups excluding carboxylic acids is 2. The second kappa shape index (κ2) is 17.7. The molecule has 8 nitrogen and oxygen atoms in total. The smallest absolute Gasteiger partial charge is 0.253 e. The standard InChI is InChI=1S/2C18H22N2O2/c1-20(18(22)15-10-6-3-7-11-15)16(17(21)13-19)12-14-8-4-2-5-9-14;1-20-18(22)15-10-6-5-9-14(15)16(17(21)12-19)11-13-7-3-2-4-8-13/h2-11,16-17,21H,12-13,19H2,1H3;2-10,16-17,21H,11-12,19H2,1H3,(H,20,22)/t16-,17+;16-,17-/m00/s1. The maximum Gasteiger partial charge on any atom is 0.253 e. The minimum atomic E-state index is -0.766. The van der Waals surface area contributed by atoms with E-state index in [4.69, 9.17) is 11.5 Å². The lowest BCUT2D eigenvalue weighted by atomic mass is 9.84. The number of hydrogen-bond acceptors (Lipinski definition) is 6. The van der Waals surface area contributed by atoms with E-state index in [1.54, 1.807) is 37.2 Å². The van der Waals surface area contributed by atoms with E-state index in [1.165, 1.54) is 0 Å². The van der Waals surface area contributed by atoms with Crippen LogP contribution < -0.4 is 16.8 Å². The molecule has 0 spiro atoms. The van der Waals surface area contributed by atoms with Crippen molar-refractivity contribution in [1.29, 1.82) is 0 Å². The summed E-state index contributed by atoms with van der Waals surface area (Å²) in [5.74, 6) is -0.493. The van der Waals surface area contributed by atoms with E-state index in [2.05, 4.69) is 5.32 Å². The number of benzene rings is 4. The Balaban J connectivity index is 0.000000240. The molecule has 7 N–H and O–H groups in total. The second-order valence-corrected chi connectivity index (χ2v) is 10.6. The van der Waals surface area contributed by atoms with Crippen molar-refractivity contribution in [2.24, 2.45) is 11.5 Å². The van der Waals surface area contributed by atoms with E-state index in [9.17, 15) is 19.8 Å². The highest BCUT2D eigenvalue weighted by Crippen LogP contribution is 2.27. The van der Waals surface area contributed by atoms with Crippen LogP contribution in [-0.4, -0.2) is 72.4 Å². The summed E-state index contributed by atoms with van der Waals surface area (Å²) < 4.78 is 0. The van der Waals surface area contributed by atoms with Gasteiger partial charge in [-0.15, -0.1) is 0 Å². The highest BCUT2D eigenvalue weighted by molar-refractivity contribution is 5.95. The summed E-state index contributed by atoms with van der Waals surface area (Å²) >= 11 is 0. The fourth-order valence-corrected chi connectivity index (χ4v) is 5.13. The van der Waals surface area contributed by atoms with E-state index in [1.807, 2.05) is 97.1 Å². The van der Waals surface area contributed by atoms with Gasteiger partial charge in [0.2, 0.25) is 0 Å². The molecule has 4 aromatic rings. The fraction of sp³-hybridized carbons (Fsp3) is 0.278. The summed E-state index contributed by atoms with van der Waals surface area (Å²) in [6, 6.07) is 35.8. The SMILES string of the molecule is CN(C(=O)c1ccccc1)[C@@H](Cc1ccccc1)[C@H](O)CN.CNC(=O)c1ccccc1[C@H](Cc1ccccc1)[C@@H](O)CN. The second-order valence-electron chi connectivity index (χ2n) is 10.6. The number of carbonyl (C=O) groups is 2. The number of amides is 2. The quantitative estimate of drug-likeness (QED) is 0.170. The number of aliphatic hydroxyl groups excluding tert-OH is 2. The Kier molecular flexibility index (Phi) is 13.7. The van der Waals surface area contributed by atoms with Crippen LogP contribution >= 0.6 is 0 Å². The molecule has 4 rings (SSSR count). The van der Waals surface area contributed by atoms with Crippen molar-refractivity contribution in [3.63, 3.8) is 0 Å². The molecule has 0 saturated carbocycles. The van der Waals surface area contributed by atoms with Gasteiger partial charge in [-0.2, -0.15) is 0 Å². The molecule has 2 amide bonds. The molecule has 4 aromatic carbocycles. The zero-order valence-corrected chi connectivity index (χ0v) is 25.4. The number of nitrogens with two attached hydrogens (primary N) is 2. The van der Waals surface area contributed by atoms with Crippen LogP contribution in [-0.2, 0) is 12.8 Å². The van der Waals surface area contributed by atoms with Crippen LogP contribution in [0.3, 0.4) is 0 Å². The average molecular weight is 597 g/mol. The van der Waals surface area contributed by atoms with Crippen molar-refractivity contribution in [2.45, 2.75) is 37.0 Å². The summed E-state index contributed by atoms with van der Waals surface area (Å²) in [5.41, 5.74) is 15.5. The van der Waals surface area contributed by atoms with E-state index in [-0.39, 0.29) is 36.9 Å². The molecule has 0 fully saturated rings.